The molecular formula is C19H15FN2O4. The van der Waals surface area contributed by atoms with Gasteiger partial charge in [0.15, 0.2) is 0 Å². The normalized spacial score (nSPS) is 16.0. The molecule has 0 spiro atoms. The van der Waals surface area contributed by atoms with Crippen LogP contribution in [0.2, 0.25) is 0 Å². The quantitative estimate of drug-likeness (QED) is 0.676. The minimum absolute atomic E-state index is 0.0757. The molecule has 1 heterocycles. The molecule has 1 aliphatic rings. The molecular weight excluding hydrogens is 339 g/mol. The van der Waals surface area contributed by atoms with Gasteiger partial charge in [0, 0.05) is 0 Å². The van der Waals surface area contributed by atoms with E-state index in [0.29, 0.717) is 16.9 Å². The van der Waals surface area contributed by atoms with Gasteiger partial charge >= 0.3 is 6.03 Å². The van der Waals surface area contributed by atoms with E-state index in [1.807, 2.05) is 0 Å². The molecule has 0 aromatic heterocycles. The maximum atomic E-state index is 13.0. The molecule has 2 aromatic carbocycles. The Hall–Kier alpha value is -3.48. The molecule has 0 atom stereocenters. The number of hydrogen-bond donors (Lipinski definition) is 1. The number of carbonyl (C=O) groups is 3. The van der Waals surface area contributed by atoms with Gasteiger partial charge in [-0.05, 0) is 41.5 Å². The zero-order valence-electron chi connectivity index (χ0n) is 13.9. The summed E-state index contributed by atoms with van der Waals surface area (Å²) < 4.78 is 18.1. The van der Waals surface area contributed by atoms with Gasteiger partial charge in [-0.15, -0.1) is 0 Å². The standard InChI is InChI=1S/C19H15FN2O4/c1-26-15-4-2-3-13(9-15)10-16-17(23)21-19(25)22(18(16)24)11-12-5-7-14(20)8-6-12/h2-10H,11H2,1H3,(H,21,23,25)/b16-10-. The number of nitrogens with zero attached hydrogens (tertiary/aromatic N) is 1. The summed E-state index contributed by atoms with van der Waals surface area (Å²) in [5.74, 6) is -1.33. The number of hydrogen-bond acceptors (Lipinski definition) is 4. The maximum Gasteiger partial charge on any atom is 0.331 e. The molecule has 7 heteroatoms. The first-order valence-electron chi connectivity index (χ1n) is 7.75. The molecule has 26 heavy (non-hydrogen) atoms. The van der Waals surface area contributed by atoms with E-state index in [1.165, 1.54) is 37.5 Å². The second-order valence-electron chi connectivity index (χ2n) is 5.61. The Morgan fingerprint density at radius 2 is 1.85 bits per heavy atom. The average Bonchev–Trinajstić information content (AvgIpc) is 2.64. The zero-order chi connectivity index (χ0) is 18.7. The van der Waals surface area contributed by atoms with E-state index < -0.39 is 23.7 Å². The van der Waals surface area contributed by atoms with Crippen LogP contribution in [-0.2, 0) is 16.1 Å². The Labute approximate surface area is 148 Å². The van der Waals surface area contributed by atoms with E-state index in [0.717, 1.165) is 4.90 Å². The molecule has 132 valence electrons. The van der Waals surface area contributed by atoms with Crippen LogP contribution in [0.1, 0.15) is 11.1 Å². The SMILES string of the molecule is COc1cccc(/C=C2/C(=O)NC(=O)N(Cc3ccc(F)cc3)C2=O)c1. The monoisotopic (exact) mass is 354 g/mol. The van der Waals surface area contributed by atoms with E-state index in [1.54, 1.807) is 24.3 Å². The Bertz CT molecular complexity index is 906. The highest BCUT2D eigenvalue weighted by atomic mass is 19.1. The van der Waals surface area contributed by atoms with Crippen molar-refractivity contribution in [3.63, 3.8) is 0 Å². The number of benzene rings is 2. The second kappa shape index (κ2) is 7.18. The third-order valence-corrected chi connectivity index (χ3v) is 3.84. The van der Waals surface area contributed by atoms with E-state index >= 15 is 0 Å². The lowest BCUT2D eigenvalue weighted by atomic mass is 10.1. The number of urea groups is 1. The second-order valence-corrected chi connectivity index (χ2v) is 5.61. The molecule has 0 unspecified atom stereocenters. The fourth-order valence-corrected chi connectivity index (χ4v) is 2.51. The fourth-order valence-electron chi connectivity index (χ4n) is 2.51. The van der Waals surface area contributed by atoms with Crippen molar-refractivity contribution in [1.82, 2.24) is 10.2 Å². The number of ether oxygens (including phenoxy) is 1. The molecule has 3 rings (SSSR count). The summed E-state index contributed by atoms with van der Waals surface area (Å²) in [6.07, 6.45) is 1.39. The van der Waals surface area contributed by atoms with Crippen LogP contribution in [-0.4, -0.2) is 29.9 Å². The number of rotatable bonds is 4. The highest BCUT2D eigenvalue weighted by Crippen LogP contribution is 2.19. The van der Waals surface area contributed by atoms with E-state index in [-0.39, 0.29) is 12.1 Å². The van der Waals surface area contributed by atoms with Crippen molar-refractivity contribution in [3.05, 3.63) is 71.0 Å². The van der Waals surface area contributed by atoms with Crippen molar-refractivity contribution < 1.29 is 23.5 Å². The summed E-state index contributed by atoms with van der Waals surface area (Å²) in [6, 6.07) is 11.4. The van der Waals surface area contributed by atoms with E-state index in [4.69, 9.17) is 4.74 Å². The summed E-state index contributed by atoms with van der Waals surface area (Å²) in [5.41, 5.74) is 0.976. The van der Waals surface area contributed by atoms with Crippen molar-refractivity contribution in [3.8, 4) is 5.75 Å². The number of amides is 4. The van der Waals surface area contributed by atoms with Crippen molar-refractivity contribution >= 4 is 23.9 Å². The summed E-state index contributed by atoms with van der Waals surface area (Å²) in [7, 11) is 1.51. The molecule has 1 saturated heterocycles. The number of barbiturate groups is 1. The molecule has 0 radical (unpaired) electrons. The molecule has 4 amide bonds. The van der Waals surface area contributed by atoms with Crippen molar-refractivity contribution in [2.45, 2.75) is 6.54 Å². The van der Waals surface area contributed by atoms with Crippen LogP contribution in [0.3, 0.4) is 0 Å². The fraction of sp³-hybridized carbons (Fsp3) is 0.105. The molecule has 6 nitrogen and oxygen atoms in total. The lowest BCUT2D eigenvalue weighted by molar-refractivity contribution is -0.130. The highest BCUT2D eigenvalue weighted by molar-refractivity contribution is 6.30. The van der Waals surface area contributed by atoms with Gasteiger partial charge in [0.1, 0.15) is 17.1 Å². The lowest BCUT2D eigenvalue weighted by Gasteiger charge is -2.26. The summed E-state index contributed by atoms with van der Waals surface area (Å²) in [4.78, 5) is 37.7. The predicted octanol–water partition coefficient (Wildman–Crippen LogP) is 2.50. The van der Waals surface area contributed by atoms with E-state index in [9.17, 15) is 18.8 Å². The first-order valence-corrected chi connectivity index (χ1v) is 7.75. The Morgan fingerprint density at radius 3 is 2.54 bits per heavy atom. The zero-order valence-corrected chi connectivity index (χ0v) is 13.9. The summed E-state index contributed by atoms with van der Waals surface area (Å²) in [5, 5.41) is 2.14. The van der Waals surface area contributed by atoms with Gasteiger partial charge in [-0.2, -0.15) is 0 Å². The van der Waals surface area contributed by atoms with Crippen molar-refractivity contribution in [1.29, 1.82) is 0 Å². The van der Waals surface area contributed by atoms with Gasteiger partial charge in [0.25, 0.3) is 11.8 Å². The van der Waals surface area contributed by atoms with Gasteiger partial charge in [0.05, 0.1) is 13.7 Å². The highest BCUT2D eigenvalue weighted by Gasteiger charge is 2.35. The number of carbonyl (C=O) groups excluding carboxylic acids is 3. The Kier molecular flexibility index (Phi) is 4.79. The number of methoxy groups -OCH3 is 1. The summed E-state index contributed by atoms with van der Waals surface area (Å²) in [6.45, 7) is -0.0757. The Morgan fingerprint density at radius 1 is 1.12 bits per heavy atom. The number of imide groups is 2. The Balaban J connectivity index is 1.89. The topological polar surface area (TPSA) is 75.7 Å². The van der Waals surface area contributed by atoms with Gasteiger partial charge in [0.2, 0.25) is 0 Å². The van der Waals surface area contributed by atoms with Crippen LogP contribution in [0.25, 0.3) is 6.08 Å². The van der Waals surface area contributed by atoms with Crippen LogP contribution in [0.5, 0.6) is 5.75 Å². The number of nitrogens with one attached hydrogen (secondary N) is 1. The van der Waals surface area contributed by atoms with Crippen LogP contribution in [0, 0.1) is 5.82 Å². The largest absolute Gasteiger partial charge is 0.497 e. The van der Waals surface area contributed by atoms with Gasteiger partial charge in [-0.1, -0.05) is 24.3 Å². The third kappa shape index (κ3) is 3.61. The van der Waals surface area contributed by atoms with Crippen molar-refractivity contribution in [2.24, 2.45) is 0 Å². The first kappa shape index (κ1) is 17.3. The number of halogens is 1. The maximum absolute atomic E-state index is 13.0. The molecule has 0 saturated carbocycles. The predicted molar refractivity (Wildman–Crippen MR) is 91.5 cm³/mol. The molecule has 1 N–H and O–H groups in total. The molecule has 1 fully saturated rings. The summed E-state index contributed by atoms with van der Waals surface area (Å²) >= 11 is 0. The van der Waals surface area contributed by atoms with Crippen LogP contribution >= 0.6 is 0 Å². The van der Waals surface area contributed by atoms with Crippen LogP contribution in [0.15, 0.2) is 54.1 Å². The molecule has 2 aromatic rings. The van der Waals surface area contributed by atoms with Gasteiger partial charge in [-0.3, -0.25) is 19.8 Å². The van der Waals surface area contributed by atoms with Crippen molar-refractivity contribution in [2.75, 3.05) is 7.11 Å². The minimum atomic E-state index is -0.813. The molecule has 0 bridgehead atoms. The molecule has 1 aliphatic heterocycles. The van der Waals surface area contributed by atoms with Gasteiger partial charge < -0.3 is 4.74 Å². The van der Waals surface area contributed by atoms with Crippen LogP contribution < -0.4 is 10.1 Å². The lowest BCUT2D eigenvalue weighted by Crippen LogP contribution is -2.53. The van der Waals surface area contributed by atoms with E-state index in [2.05, 4.69) is 5.32 Å². The first-order chi connectivity index (χ1) is 12.5. The average molecular weight is 354 g/mol. The van der Waals surface area contributed by atoms with Crippen LogP contribution in [0.4, 0.5) is 9.18 Å². The third-order valence-electron chi connectivity index (χ3n) is 3.84. The minimum Gasteiger partial charge on any atom is -0.497 e. The smallest absolute Gasteiger partial charge is 0.331 e. The van der Waals surface area contributed by atoms with Gasteiger partial charge in [-0.25, -0.2) is 9.18 Å². The molecule has 0 aliphatic carbocycles.